The molecule has 3 rings (SSSR count). The minimum Gasteiger partial charge on any atom is -0.493 e. The molecular formula is C17H25FN4O3. The third-order valence-electron chi connectivity index (χ3n) is 4.99. The molecule has 1 amide bonds. The smallest absolute Gasteiger partial charge is 0.239 e. The average molecular weight is 352 g/mol. The van der Waals surface area contributed by atoms with Gasteiger partial charge in [0.15, 0.2) is 11.5 Å². The Hall–Kier alpha value is -1.90. The number of carbonyl (C=O) groups is 1. The molecule has 1 aromatic rings. The summed E-state index contributed by atoms with van der Waals surface area (Å²) in [4.78, 5) is 12.7. The third kappa shape index (κ3) is 3.56. The summed E-state index contributed by atoms with van der Waals surface area (Å²) >= 11 is 0. The van der Waals surface area contributed by atoms with Gasteiger partial charge in [0.05, 0.1) is 20.3 Å². The number of benzene rings is 1. The summed E-state index contributed by atoms with van der Waals surface area (Å²) in [6.07, 6.45) is 0.974. The van der Waals surface area contributed by atoms with E-state index in [0.717, 1.165) is 19.5 Å². The van der Waals surface area contributed by atoms with Crippen LogP contribution < -0.4 is 31.0 Å². The fraction of sp³-hybridized carbons (Fsp3) is 0.588. The quantitative estimate of drug-likeness (QED) is 0.617. The van der Waals surface area contributed by atoms with Gasteiger partial charge < -0.3 is 20.1 Å². The fourth-order valence-electron chi connectivity index (χ4n) is 3.56. The van der Waals surface area contributed by atoms with Gasteiger partial charge >= 0.3 is 0 Å². The van der Waals surface area contributed by atoms with Crippen molar-refractivity contribution in [1.29, 1.82) is 0 Å². The number of carbonyl (C=O) groups excluding carboxylic acids is 1. The second kappa shape index (κ2) is 7.55. The molecule has 0 bridgehead atoms. The van der Waals surface area contributed by atoms with Crippen molar-refractivity contribution >= 4 is 5.91 Å². The van der Waals surface area contributed by atoms with Crippen molar-refractivity contribution in [2.24, 2.45) is 5.92 Å². The van der Waals surface area contributed by atoms with Crippen molar-refractivity contribution in [1.82, 2.24) is 21.5 Å². The van der Waals surface area contributed by atoms with Gasteiger partial charge in [-0.2, -0.15) is 0 Å². The lowest BCUT2D eigenvalue weighted by Crippen LogP contribution is -2.49. The van der Waals surface area contributed by atoms with Crippen molar-refractivity contribution < 1.29 is 18.7 Å². The zero-order valence-electron chi connectivity index (χ0n) is 14.7. The minimum atomic E-state index is -0.496. The van der Waals surface area contributed by atoms with Crippen LogP contribution in [0.3, 0.4) is 0 Å². The molecule has 138 valence electrons. The summed E-state index contributed by atoms with van der Waals surface area (Å²) in [5.74, 6) is 0.332. The summed E-state index contributed by atoms with van der Waals surface area (Å²) in [6.45, 7) is 3.47. The maximum atomic E-state index is 14.4. The number of hydrazine groups is 1. The van der Waals surface area contributed by atoms with Gasteiger partial charge in [-0.3, -0.25) is 10.2 Å². The topological polar surface area (TPSA) is 83.7 Å². The van der Waals surface area contributed by atoms with Crippen molar-refractivity contribution in [3.8, 4) is 11.5 Å². The Labute approximate surface area is 146 Å². The normalized spacial score (nSPS) is 26.6. The number of fused-ring (bicyclic) bond motifs is 1. The van der Waals surface area contributed by atoms with Gasteiger partial charge in [-0.15, -0.1) is 0 Å². The zero-order valence-corrected chi connectivity index (χ0v) is 14.7. The monoisotopic (exact) mass is 352 g/mol. The van der Waals surface area contributed by atoms with Crippen molar-refractivity contribution in [2.45, 2.75) is 31.5 Å². The maximum absolute atomic E-state index is 14.4. The summed E-state index contributed by atoms with van der Waals surface area (Å²) in [5, 5.41) is 6.21. The van der Waals surface area contributed by atoms with E-state index in [1.807, 2.05) is 0 Å². The molecule has 0 radical (unpaired) electrons. The molecule has 2 aliphatic rings. The molecule has 0 spiro atoms. The van der Waals surface area contributed by atoms with E-state index in [9.17, 15) is 9.18 Å². The Morgan fingerprint density at radius 2 is 2.00 bits per heavy atom. The second-order valence-electron chi connectivity index (χ2n) is 6.49. The first kappa shape index (κ1) is 17.9. The number of rotatable bonds is 5. The highest BCUT2D eigenvalue weighted by Gasteiger charge is 2.41. The molecule has 4 unspecified atom stereocenters. The van der Waals surface area contributed by atoms with Crippen LogP contribution in [0.1, 0.15) is 24.9 Å². The molecule has 0 saturated carbocycles. The predicted octanol–water partition coefficient (Wildman–Crippen LogP) is 0.475. The Bertz CT molecular complexity index is 643. The molecule has 0 aliphatic carbocycles. The Kier molecular flexibility index (Phi) is 5.41. The van der Waals surface area contributed by atoms with Crippen LogP contribution in [0, 0.1) is 11.7 Å². The van der Waals surface area contributed by atoms with Gasteiger partial charge in [0.1, 0.15) is 11.9 Å². The first-order valence-electron chi connectivity index (χ1n) is 8.48. The molecule has 2 heterocycles. The number of piperidine rings is 1. The van der Waals surface area contributed by atoms with E-state index < -0.39 is 11.9 Å². The summed E-state index contributed by atoms with van der Waals surface area (Å²) in [5.41, 5.74) is 6.61. The molecule has 2 fully saturated rings. The number of amides is 1. The molecule has 4 atom stereocenters. The number of methoxy groups -OCH3 is 2. The van der Waals surface area contributed by atoms with E-state index in [2.05, 4.69) is 21.5 Å². The fourth-order valence-corrected chi connectivity index (χ4v) is 3.56. The van der Waals surface area contributed by atoms with Gasteiger partial charge in [0.25, 0.3) is 0 Å². The van der Waals surface area contributed by atoms with Crippen LogP contribution in [-0.2, 0) is 4.79 Å². The number of halogens is 1. The molecule has 1 aromatic carbocycles. The first-order valence-corrected chi connectivity index (χ1v) is 8.48. The highest BCUT2D eigenvalue weighted by atomic mass is 19.1. The largest absolute Gasteiger partial charge is 0.493 e. The molecule has 7 nitrogen and oxygen atoms in total. The zero-order chi connectivity index (χ0) is 18.0. The molecule has 25 heavy (non-hydrogen) atoms. The van der Waals surface area contributed by atoms with Crippen LogP contribution in [0.25, 0.3) is 0 Å². The van der Waals surface area contributed by atoms with Crippen LogP contribution in [0.15, 0.2) is 12.1 Å². The first-order chi connectivity index (χ1) is 12.0. The maximum Gasteiger partial charge on any atom is 0.239 e. The molecule has 2 saturated heterocycles. The second-order valence-corrected chi connectivity index (χ2v) is 6.49. The lowest BCUT2D eigenvalue weighted by Gasteiger charge is -2.28. The molecular weight excluding hydrogens is 327 g/mol. The highest BCUT2D eigenvalue weighted by molar-refractivity contribution is 5.83. The summed E-state index contributed by atoms with van der Waals surface area (Å²) < 4.78 is 24.7. The van der Waals surface area contributed by atoms with Gasteiger partial charge in [-0.25, -0.2) is 9.82 Å². The van der Waals surface area contributed by atoms with Crippen LogP contribution in [0.5, 0.6) is 11.5 Å². The number of ether oxygens (including phenoxy) is 2. The number of nitrogens with one attached hydrogen (secondary N) is 4. The predicted molar refractivity (Wildman–Crippen MR) is 90.9 cm³/mol. The number of hydrogen-bond acceptors (Lipinski definition) is 6. The molecule has 8 heteroatoms. The van der Waals surface area contributed by atoms with Gasteiger partial charge in [0, 0.05) is 30.1 Å². The van der Waals surface area contributed by atoms with Crippen molar-refractivity contribution in [3.05, 3.63) is 23.5 Å². The SMILES string of the molecule is COc1cc(F)c(C(C)NC(=O)C2NNC3CCNCC32)cc1OC. The van der Waals surface area contributed by atoms with Gasteiger partial charge in [0.2, 0.25) is 5.91 Å². The van der Waals surface area contributed by atoms with E-state index in [1.165, 1.54) is 20.3 Å². The standard InChI is InChI=1S/C17H25FN4O3/c1-9(10-6-14(24-2)15(25-3)7-12(10)18)20-17(23)16-11-8-19-5-4-13(11)21-22-16/h6-7,9,11,13,16,19,21-22H,4-5,8H2,1-3H3,(H,20,23). The van der Waals surface area contributed by atoms with Crippen LogP contribution in [0.2, 0.25) is 0 Å². The third-order valence-corrected chi connectivity index (χ3v) is 4.99. The van der Waals surface area contributed by atoms with E-state index in [0.29, 0.717) is 17.1 Å². The van der Waals surface area contributed by atoms with Crippen LogP contribution >= 0.6 is 0 Å². The van der Waals surface area contributed by atoms with Gasteiger partial charge in [-0.1, -0.05) is 0 Å². The van der Waals surface area contributed by atoms with Crippen LogP contribution in [0.4, 0.5) is 4.39 Å². The Morgan fingerprint density at radius 1 is 1.28 bits per heavy atom. The van der Waals surface area contributed by atoms with E-state index in [-0.39, 0.29) is 23.9 Å². The van der Waals surface area contributed by atoms with Crippen molar-refractivity contribution in [2.75, 3.05) is 27.3 Å². The number of hydrogen-bond donors (Lipinski definition) is 4. The van der Waals surface area contributed by atoms with Crippen LogP contribution in [-0.4, -0.2) is 45.3 Å². The van der Waals surface area contributed by atoms with E-state index in [4.69, 9.17) is 9.47 Å². The van der Waals surface area contributed by atoms with E-state index in [1.54, 1.807) is 13.0 Å². The van der Waals surface area contributed by atoms with Crippen molar-refractivity contribution in [3.63, 3.8) is 0 Å². The minimum absolute atomic E-state index is 0.148. The average Bonchev–Trinajstić information content (AvgIpc) is 3.05. The summed E-state index contributed by atoms with van der Waals surface area (Å²) in [7, 11) is 2.95. The Morgan fingerprint density at radius 3 is 2.72 bits per heavy atom. The van der Waals surface area contributed by atoms with Gasteiger partial charge in [-0.05, 0) is 26.0 Å². The summed E-state index contributed by atoms with van der Waals surface area (Å²) in [6, 6.07) is 2.27. The molecule has 2 aliphatic heterocycles. The van der Waals surface area contributed by atoms with E-state index >= 15 is 0 Å². The molecule has 4 N–H and O–H groups in total. The Balaban J connectivity index is 1.71. The lowest BCUT2D eigenvalue weighted by atomic mass is 9.89. The highest BCUT2D eigenvalue weighted by Crippen LogP contribution is 2.32. The molecule has 0 aromatic heterocycles. The lowest BCUT2D eigenvalue weighted by molar-refractivity contribution is -0.124.